The van der Waals surface area contributed by atoms with Gasteiger partial charge in [-0.25, -0.2) is 9.50 Å². The Morgan fingerprint density at radius 1 is 1.23 bits per heavy atom. The molecule has 0 atom stereocenters. The Bertz CT molecular complexity index is 1110. The monoisotopic (exact) mass is 428 g/mol. The molecule has 4 nitrogen and oxygen atoms in total. The van der Waals surface area contributed by atoms with Crippen LogP contribution in [0.4, 0.5) is 0 Å². The maximum absolute atomic E-state index is 4.92. The van der Waals surface area contributed by atoms with E-state index in [1.807, 2.05) is 16.8 Å². The Morgan fingerprint density at radius 2 is 2.00 bits per heavy atom. The minimum absolute atomic E-state index is 0.501. The van der Waals surface area contributed by atoms with Gasteiger partial charge in [0.15, 0.2) is 5.65 Å². The van der Waals surface area contributed by atoms with E-state index in [1.165, 1.54) is 5.56 Å². The van der Waals surface area contributed by atoms with Gasteiger partial charge in [0, 0.05) is 11.8 Å². The van der Waals surface area contributed by atoms with Gasteiger partial charge in [-0.1, -0.05) is 13.8 Å². The number of imidazole rings is 1. The first-order chi connectivity index (χ1) is 12.5. The summed E-state index contributed by atoms with van der Waals surface area (Å²) in [6.07, 6.45) is 4.04. The molecule has 0 aliphatic rings. The number of aromatic nitrogens is 4. The van der Waals surface area contributed by atoms with E-state index in [9.17, 15) is 0 Å². The van der Waals surface area contributed by atoms with Gasteiger partial charge in [-0.2, -0.15) is 5.10 Å². The van der Waals surface area contributed by atoms with Gasteiger partial charge in [0.05, 0.1) is 31.0 Å². The Hall–Kier alpha value is -1.79. The van der Waals surface area contributed by atoms with Crippen molar-refractivity contribution in [1.29, 1.82) is 0 Å². The second kappa shape index (κ2) is 6.74. The third-order valence-electron chi connectivity index (χ3n) is 4.94. The van der Waals surface area contributed by atoms with Crippen molar-refractivity contribution in [3.8, 4) is 10.6 Å². The highest BCUT2D eigenvalue weighted by Gasteiger charge is 2.23. The molecule has 4 heterocycles. The van der Waals surface area contributed by atoms with E-state index in [1.54, 1.807) is 11.3 Å². The molecule has 0 aromatic carbocycles. The second-order valence-corrected chi connectivity index (χ2v) is 8.48. The van der Waals surface area contributed by atoms with Gasteiger partial charge in [0.2, 0.25) is 0 Å². The van der Waals surface area contributed by atoms with E-state index in [0.717, 1.165) is 55.1 Å². The summed E-state index contributed by atoms with van der Waals surface area (Å²) in [5.41, 5.74) is 6.36. The van der Waals surface area contributed by atoms with E-state index in [2.05, 4.69) is 60.7 Å². The number of hydrogen-bond donors (Lipinski definition) is 0. The largest absolute Gasteiger partial charge is 0.254 e. The van der Waals surface area contributed by atoms with Crippen LogP contribution in [0.3, 0.4) is 0 Å². The lowest BCUT2D eigenvalue weighted by Gasteiger charge is -2.14. The zero-order valence-corrected chi connectivity index (χ0v) is 17.8. The lowest BCUT2D eigenvalue weighted by Crippen LogP contribution is -2.04. The summed E-state index contributed by atoms with van der Waals surface area (Å²) in [6.45, 7) is 8.61. The highest BCUT2D eigenvalue weighted by Crippen LogP contribution is 2.43. The summed E-state index contributed by atoms with van der Waals surface area (Å²) in [5, 5.41) is 4.82. The molecule has 4 aromatic rings. The first-order valence-electron chi connectivity index (χ1n) is 8.95. The molecule has 4 aromatic heterocycles. The van der Waals surface area contributed by atoms with E-state index in [4.69, 9.17) is 10.1 Å². The number of aryl methyl sites for hydroxylation is 2. The third kappa shape index (κ3) is 2.67. The topological polar surface area (TPSA) is 43.1 Å². The number of pyridine rings is 1. The molecular formula is C20H21BrN4S. The first-order valence-corrected chi connectivity index (χ1v) is 10.6. The van der Waals surface area contributed by atoms with Crippen LogP contribution in [-0.2, 0) is 0 Å². The van der Waals surface area contributed by atoms with Gasteiger partial charge in [-0.05, 0) is 66.7 Å². The fourth-order valence-electron chi connectivity index (χ4n) is 3.62. The van der Waals surface area contributed by atoms with Crippen molar-refractivity contribution >= 4 is 43.1 Å². The fourth-order valence-corrected chi connectivity index (χ4v) is 5.63. The van der Waals surface area contributed by atoms with Gasteiger partial charge in [0.1, 0.15) is 5.69 Å². The molecule has 0 N–H and O–H groups in total. The average molecular weight is 429 g/mol. The van der Waals surface area contributed by atoms with E-state index in [0.29, 0.717) is 5.92 Å². The van der Waals surface area contributed by atoms with Crippen LogP contribution >= 0.6 is 27.3 Å². The lowest BCUT2D eigenvalue weighted by molar-refractivity contribution is 0.638. The van der Waals surface area contributed by atoms with Gasteiger partial charge in [0.25, 0.3) is 0 Å². The summed E-state index contributed by atoms with van der Waals surface area (Å²) in [4.78, 5) is 10.6. The van der Waals surface area contributed by atoms with Crippen molar-refractivity contribution in [2.45, 2.75) is 46.5 Å². The molecule has 0 fully saturated rings. The Balaban J connectivity index is 2.04. The quantitative estimate of drug-likeness (QED) is 0.383. The van der Waals surface area contributed by atoms with Crippen LogP contribution in [0.15, 0.2) is 28.9 Å². The predicted molar refractivity (Wildman–Crippen MR) is 112 cm³/mol. The predicted octanol–water partition coefficient (Wildman–Crippen LogP) is 6.29. The van der Waals surface area contributed by atoms with Gasteiger partial charge < -0.3 is 0 Å². The van der Waals surface area contributed by atoms with Crippen LogP contribution in [0.2, 0.25) is 0 Å². The standard InChI is InChI=1S/C20H21BrN4S/c1-5-13(6-2)14-10-11(3)24-25-18(12(4)23-20(14)25)19-16(21)17-15(26-19)8-7-9-22-17/h7-10,13H,5-6H2,1-4H3. The van der Waals surface area contributed by atoms with Crippen molar-refractivity contribution < 1.29 is 0 Å². The minimum atomic E-state index is 0.501. The number of thiophene rings is 1. The van der Waals surface area contributed by atoms with Crippen molar-refractivity contribution in [1.82, 2.24) is 19.6 Å². The molecule has 0 spiro atoms. The molecule has 0 aliphatic carbocycles. The first kappa shape index (κ1) is 17.6. The van der Waals surface area contributed by atoms with Crippen molar-refractivity contribution in [2.24, 2.45) is 0 Å². The zero-order valence-electron chi connectivity index (χ0n) is 15.4. The summed E-state index contributed by atoms with van der Waals surface area (Å²) in [6, 6.07) is 6.28. The molecule has 0 bridgehead atoms. The number of fused-ring (bicyclic) bond motifs is 2. The average Bonchev–Trinajstić information content (AvgIpc) is 3.13. The molecule has 134 valence electrons. The highest BCUT2D eigenvalue weighted by atomic mass is 79.9. The van der Waals surface area contributed by atoms with Crippen molar-refractivity contribution in [3.05, 3.63) is 45.8 Å². The molecular weight excluding hydrogens is 408 g/mol. The van der Waals surface area contributed by atoms with E-state index < -0.39 is 0 Å². The molecule has 0 unspecified atom stereocenters. The minimum Gasteiger partial charge on any atom is -0.254 e. The van der Waals surface area contributed by atoms with Crippen LogP contribution in [0.5, 0.6) is 0 Å². The summed E-state index contributed by atoms with van der Waals surface area (Å²) >= 11 is 5.50. The van der Waals surface area contributed by atoms with Crippen LogP contribution < -0.4 is 0 Å². The fraction of sp³-hybridized carbons (Fsp3) is 0.350. The molecule has 0 aliphatic heterocycles. The van der Waals surface area contributed by atoms with Crippen LogP contribution in [0.1, 0.15) is 49.6 Å². The highest BCUT2D eigenvalue weighted by molar-refractivity contribution is 9.10. The molecule has 0 radical (unpaired) electrons. The molecule has 26 heavy (non-hydrogen) atoms. The van der Waals surface area contributed by atoms with Gasteiger partial charge in [-0.15, -0.1) is 11.3 Å². The third-order valence-corrected chi connectivity index (χ3v) is 7.12. The van der Waals surface area contributed by atoms with E-state index in [-0.39, 0.29) is 0 Å². The van der Waals surface area contributed by atoms with Crippen LogP contribution in [0.25, 0.3) is 26.4 Å². The van der Waals surface area contributed by atoms with Crippen LogP contribution in [-0.4, -0.2) is 19.6 Å². The summed E-state index contributed by atoms with van der Waals surface area (Å²) < 4.78 is 4.22. The SMILES string of the molecule is CCC(CC)c1cc(C)nn2c(-c3sc4cccnc4c3Br)c(C)nc12. The van der Waals surface area contributed by atoms with Crippen molar-refractivity contribution in [3.63, 3.8) is 0 Å². The maximum atomic E-state index is 4.92. The Labute approximate surface area is 165 Å². The normalized spacial score (nSPS) is 11.9. The smallest absolute Gasteiger partial charge is 0.158 e. The lowest BCUT2D eigenvalue weighted by atomic mass is 9.95. The van der Waals surface area contributed by atoms with Crippen LogP contribution in [0, 0.1) is 13.8 Å². The van der Waals surface area contributed by atoms with Gasteiger partial charge >= 0.3 is 0 Å². The molecule has 0 saturated carbocycles. The van der Waals surface area contributed by atoms with E-state index >= 15 is 0 Å². The van der Waals surface area contributed by atoms with Gasteiger partial charge in [-0.3, -0.25) is 4.98 Å². The molecule has 6 heteroatoms. The van der Waals surface area contributed by atoms with Crippen molar-refractivity contribution in [2.75, 3.05) is 0 Å². The number of rotatable bonds is 4. The Kier molecular flexibility index (Phi) is 4.57. The zero-order chi connectivity index (χ0) is 18.4. The molecule has 0 saturated heterocycles. The number of halogens is 1. The summed E-state index contributed by atoms with van der Waals surface area (Å²) in [5.74, 6) is 0.501. The summed E-state index contributed by atoms with van der Waals surface area (Å²) in [7, 11) is 0. The number of hydrogen-bond acceptors (Lipinski definition) is 4. The molecule has 4 rings (SSSR count). The Morgan fingerprint density at radius 3 is 2.69 bits per heavy atom. The maximum Gasteiger partial charge on any atom is 0.158 e. The number of nitrogens with zero attached hydrogens (tertiary/aromatic N) is 4. The second-order valence-electron chi connectivity index (χ2n) is 6.63. The molecule has 0 amide bonds.